The van der Waals surface area contributed by atoms with E-state index in [9.17, 15) is 9.59 Å². The topological polar surface area (TPSA) is 73.2 Å². The van der Waals surface area contributed by atoms with Gasteiger partial charge in [0.1, 0.15) is 12.1 Å². The van der Waals surface area contributed by atoms with Crippen molar-refractivity contribution in [3.63, 3.8) is 0 Å². The highest BCUT2D eigenvalue weighted by molar-refractivity contribution is 6.42. The van der Waals surface area contributed by atoms with Crippen LogP contribution < -0.4 is 5.32 Å². The number of hydrogen-bond donors (Lipinski definition) is 1. The standard InChI is InChI=1S/C12H9Cl2N3O2/c1-12(7-2-3-8(13)9(14)6-7)10(18)17(5-4-15)11(19)16-12/h2-3,6H,5H2,1H3,(H,16,19). The van der Waals surface area contributed by atoms with E-state index in [1.54, 1.807) is 25.1 Å². The zero-order chi connectivity index (χ0) is 14.2. The number of amides is 3. The van der Waals surface area contributed by atoms with Crippen molar-refractivity contribution in [2.75, 3.05) is 6.54 Å². The van der Waals surface area contributed by atoms with Gasteiger partial charge in [0.05, 0.1) is 16.1 Å². The minimum Gasteiger partial charge on any atom is -0.319 e. The summed E-state index contributed by atoms with van der Waals surface area (Å²) in [5.41, 5.74) is -0.719. The van der Waals surface area contributed by atoms with Gasteiger partial charge in [-0.05, 0) is 24.6 Å². The van der Waals surface area contributed by atoms with E-state index in [2.05, 4.69) is 5.32 Å². The van der Waals surface area contributed by atoms with Crippen molar-refractivity contribution < 1.29 is 9.59 Å². The lowest BCUT2D eigenvalue weighted by Gasteiger charge is -2.22. The van der Waals surface area contributed by atoms with Crippen molar-refractivity contribution >= 4 is 35.1 Å². The molecular formula is C12H9Cl2N3O2. The minimum absolute atomic E-state index is 0.290. The summed E-state index contributed by atoms with van der Waals surface area (Å²) >= 11 is 11.7. The first kappa shape index (κ1) is 13.7. The van der Waals surface area contributed by atoms with E-state index in [4.69, 9.17) is 28.5 Å². The summed E-state index contributed by atoms with van der Waals surface area (Å²) in [7, 11) is 0. The van der Waals surface area contributed by atoms with Crippen LogP contribution >= 0.6 is 23.2 Å². The largest absolute Gasteiger partial charge is 0.326 e. The number of urea groups is 1. The Balaban J connectivity index is 2.44. The van der Waals surface area contributed by atoms with Crippen LogP contribution in [-0.2, 0) is 10.3 Å². The van der Waals surface area contributed by atoms with Gasteiger partial charge < -0.3 is 5.32 Å². The van der Waals surface area contributed by atoms with Gasteiger partial charge in [0.15, 0.2) is 0 Å². The maximum atomic E-state index is 12.2. The molecule has 0 bridgehead atoms. The molecule has 1 saturated heterocycles. The van der Waals surface area contributed by atoms with Gasteiger partial charge in [0, 0.05) is 0 Å². The molecule has 1 aromatic carbocycles. The number of halogens is 2. The van der Waals surface area contributed by atoms with Gasteiger partial charge in [-0.25, -0.2) is 9.69 Å². The molecule has 1 aliphatic rings. The fourth-order valence-electron chi connectivity index (χ4n) is 1.91. The van der Waals surface area contributed by atoms with E-state index < -0.39 is 17.5 Å². The van der Waals surface area contributed by atoms with E-state index in [-0.39, 0.29) is 6.54 Å². The van der Waals surface area contributed by atoms with E-state index in [0.29, 0.717) is 15.6 Å². The second-order valence-electron chi connectivity index (χ2n) is 4.23. The van der Waals surface area contributed by atoms with E-state index in [1.807, 2.05) is 0 Å². The van der Waals surface area contributed by atoms with Crippen molar-refractivity contribution in [3.8, 4) is 6.07 Å². The Hall–Kier alpha value is -1.77. The number of imide groups is 1. The summed E-state index contributed by atoms with van der Waals surface area (Å²) in [5.74, 6) is -0.488. The van der Waals surface area contributed by atoms with Crippen LogP contribution in [-0.4, -0.2) is 23.4 Å². The second kappa shape index (κ2) is 4.72. The Morgan fingerprint density at radius 1 is 1.37 bits per heavy atom. The van der Waals surface area contributed by atoms with Gasteiger partial charge in [0.2, 0.25) is 0 Å². The first-order valence-corrected chi connectivity index (χ1v) is 6.12. The zero-order valence-corrected chi connectivity index (χ0v) is 11.4. The Labute approximate surface area is 119 Å². The maximum absolute atomic E-state index is 12.2. The molecule has 1 aromatic rings. The molecule has 7 heteroatoms. The lowest BCUT2D eigenvalue weighted by Crippen LogP contribution is -2.40. The Bertz CT molecular complexity index is 611. The molecule has 1 unspecified atom stereocenters. The van der Waals surface area contributed by atoms with Gasteiger partial charge in [-0.3, -0.25) is 4.79 Å². The summed E-state index contributed by atoms with van der Waals surface area (Å²) in [6.07, 6.45) is 0. The molecule has 0 radical (unpaired) electrons. The average molecular weight is 298 g/mol. The molecule has 2 rings (SSSR count). The summed E-state index contributed by atoms with van der Waals surface area (Å²) in [6, 6.07) is 5.87. The molecule has 1 aliphatic heterocycles. The zero-order valence-electron chi connectivity index (χ0n) is 9.91. The predicted molar refractivity (Wildman–Crippen MR) is 69.7 cm³/mol. The molecule has 98 valence electrons. The number of benzene rings is 1. The molecular weight excluding hydrogens is 289 g/mol. The number of carbonyl (C=O) groups is 2. The Morgan fingerprint density at radius 2 is 2.05 bits per heavy atom. The van der Waals surface area contributed by atoms with Crippen LogP contribution in [0.25, 0.3) is 0 Å². The molecule has 1 atom stereocenters. The van der Waals surface area contributed by atoms with Crippen molar-refractivity contribution in [2.24, 2.45) is 0 Å². The molecule has 19 heavy (non-hydrogen) atoms. The Kier molecular flexibility index (Phi) is 3.40. The molecule has 1 heterocycles. The molecule has 1 fully saturated rings. The smallest absolute Gasteiger partial charge is 0.319 e. The van der Waals surface area contributed by atoms with Crippen LogP contribution in [0.4, 0.5) is 4.79 Å². The summed E-state index contributed by atoms with van der Waals surface area (Å²) in [5, 5.41) is 11.8. The van der Waals surface area contributed by atoms with Crippen LogP contribution in [0.1, 0.15) is 12.5 Å². The number of rotatable bonds is 2. The Morgan fingerprint density at radius 3 is 2.63 bits per heavy atom. The molecule has 0 aliphatic carbocycles. The van der Waals surface area contributed by atoms with Crippen molar-refractivity contribution in [3.05, 3.63) is 33.8 Å². The third-order valence-electron chi connectivity index (χ3n) is 3.00. The molecule has 0 aromatic heterocycles. The first-order valence-electron chi connectivity index (χ1n) is 5.36. The van der Waals surface area contributed by atoms with E-state index >= 15 is 0 Å². The highest BCUT2D eigenvalue weighted by Crippen LogP contribution is 2.32. The van der Waals surface area contributed by atoms with Gasteiger partial charge in [-0.15, -0.1) is 0 Å². The van der Waals surface area contributed by atoms with E-state index in [1.165, 1.54) is 6.07 Å². The number of nitriles is 1. The molecule has 0 spiro atoms. The summed E-state index contributed by atoms with van der Waals surface area (Å²) < 4.78 is 0. The van der Waals surface area contributed by atoms with Crippen molar-refractivity contribution in [1.29, 1.82) is 5.26 Å². The molecule has 5 nitrogen and oxygen atoms in total. The van der Waals surface area contributed by atoms with Crippen LogP contribution in [0, 0.1) is 11.3 Å². The van der Waals surface area contributed by atoms with Gasteiger partial charge in [0.25, 0.3) is 5.91 Å². The fraction of sp³-hybridized carbons (Fsp3) is 0.250. The maximum Gasteiger partial charge on any atom is 0.326 e. The molecule has 1 N–H and O–H groups in total. The lowest BCUT2D eigenvalue weighted by molar-refractivity contribution is -0.130. The number of carbonyl (C=O) groups excluding carboxylic acids is 2. The highest BCUT2D eigenvalue weighted by Gasteiger charge is 2.48. The quantitative estimate of drug-likeness (QED) is 0.672. The summed E-state index contributed by atoms with van der Waals surface area (Å²) in [6.45, 7) is 1.27. The first-order chi connectivity index (χ1) is 8.90. The van der Waals surface area contributed by atoms with E-state index in [0.717, 1.165) is 4.90 Å². The van der Waals surface area contributed by atoms with Crippen LogP contribution in [0.3, 0.4) is 0 Å². The van der Waals surface area contributed by atoms with Crippen LogP contribution in [0.5, 0.6) is 0 Å². The van der Waals surface area contributed by atoms with Gasteiger partial charge in [-0.1, -0.05) is 29.3 Å². The van der Waals surface area contributed by atoms with Crippen molar-refractivity contribution in [2.45, 2.75) is 12.5 Å². The molecule has 3 amide bonds. The average Bonchev–Trinajstić information content (AvgIpc) is 2.58. The SMILES string of the molecule is CC1(c2ccc(Cl)c(Cl)c2)NC(=O)N(CC#N)C1=O. The minimum atomic E-state index is -1.23. The fourth-order valence-corrected chi connectivity index (χ4v) is 2.21. The monoisotopic (exact) mass is 297 g/mol. The number of nitrogens with one attached hydrogen (secondary N) is 1. The predicted octanol–water partition coefficient (Wildman–Crippen LogP) is 2.28. The molecule has 0 saturated carbocycles. The second-order valence-corrected chi connectivity index (χ2v) is 5.05. The number of hydrogen-bond acceptors (Lipinski definition) is 3. The highest BCUT2D eigenvalue weighted by atomic mass is 35.5. The lowest BCUT2D eigenvalue weighted by atomic mass is 9.92. The van der Waals surface area contributed by atoms with Crippen LogP contribution in [0.2, 0.25) is 10.0 Å². The number of nitrogens with zero attached hydrogens (tertiary/aromatic N) is 2. The normalized spacial score (nSPS) is 22.3. The summed E-state index contributed by atoms with van der Waals surface area (Å²) in [4.78, 5) is 24.8. The third-order valence-corrected chi connectivity index (χ3v) is 3.74. The van der Waals surface area contributed by atoms with Gasteiger partial charge >= 0.3 is 6.03 Å². The third kappa shape index (κ3) is 2.14. The van der Waals surface area contributed by atoms with Crippen molar-refractivity contribution in [1.82, 2.24) is 10.2 Å². The van der Waals surface area contributed by atoms with Crippen LogP contribution in [0.15, 0.2) is 18.2 Å². The van der Waals surface area contributed by atoms with Gasteiger partial charge in [-0.2, -0.15) is 5.26 Å².